The zero-order valence-corrected chi connectivity index (χ0v) is 10.8. The molecule has 0 fully saturated rings. The van der Waals surface area contributed by atoms with Gasteiger partial charge in [-0.3, -0.25) is 15.2 Å². The summed E-state index contributed by atoms with van der Waals surface area (Å²) in [5.41, 5.74) is 0.0632. The van der Waals surface area contributed by atoms with Gasteiger partial charge in [0.15, 0.2) is 5.16 Å². The molecule has 2 aromatic rings. The Balaban J connectivity index is 1.66. The van der Waals surface area contributed by atoms with Crippen LogP contribution < -0.4 is 4.74 Å². The summed E-state index contributed by atoms with van der Waals surface area (Å²) in [5.74, 6) is 1.50. The monoisotopic (exact) mass is 280 g/mol. The molecule has 7 nitrogen and oxygen atoms in total. The highest BCUT2D eigenvalue weighted by Gasteiger charge is 2.04. The van der Waals surface area contributed by atoms with Crippen LogP contribution in [0.3, 0.4) is 0 Å². The maximum Gasteiger partial charge on any atom is 0.269 e. The fourth-order valence-electron chi connectivity index (χ4n) is 1.35. The summed E-state index contributed by atoms with van der Waals surface area (Å²) in [6.45, 7) is 0.555. The number of nitrogens with one attached hydrogen (secondary N) is 1. The number of rotatable bonds is 7. The summed E-state index contributed by atoms with van der Waals surface area (Å²) >= 11 is 1.57. The van der Waals surface area contributed by atoms with Crippen LogP contribution >= 0.6 is 11.8 Å². The highest BCUT2D eigenvalue weighted by atomic mass is 32.2. The Morgan fingerprint density at radius 3 is 2.79 bits per heavy atom. The molecule has 0 saturated carbocycles. The maximum atomic E-state index is 10.5. The first kappa shape index (κ1) is 13.3. The number of aromatic nitrogens is 3. The molecular weight excluding hydrogens is 268 g/mol. The quantitative estimate of drug-likeness (QED) is 0.362. The number of nitrogens with zero attached hydrogens (tertiary/aromatic N) is 3. The van der Waals surface area contributed by atoms with Crippen LogP contribution in [0.2, 0.25) is 0 Å². The van der Waals surface area contributed by atoms with E-state index in [2.05, 4.69) is 15.2 Å². The largest absolute Gasteiger partial charge is 0.494 e. The number of hydrogen-bond donors (Lipinski definition) is 1. The molecule has 0 aliphatic rings. The first-order valence-electron chi connectivity index (χ1n) is 5.61. The van der Waals surface area contributed by atoms with E-state index in [0.717, 1.165) is 17.3 Å². The Morgan fingerprint density at radius 2 is 2.16 bits per heavy atom. The molecule has 1 heterocycles. The van der Waals surface area contributed by atoms with Crippen LogP contribution in [0.4, 0.5) is 5.69 Å². The molecule has 100 valence electrons. The minimum absolute atomic E-state index is 0.0632. The highest BCUT2D eigenvalue weighted by Crippen LogP contribution is 2.18. The predicted octanol–water partition coefficient (Wildman–Crippen LogP) is 2.27. The molecule has 8 heteroatoms. The Hall–Kier alpha value is -2.09. The normalized spacial score (nSPS) is 10.3. The van der Waals surface area contributed by atoms with Crippen LogP contribution in [-0.2, 0) is 0 Å². The lowest BCUT2D eigenvalue weighted by Crippen LogP contribution is -1.99. The van der Waals surface area contributed by atoms with Gasteiger partial charge in [0.1, 0.15) is 12.1 Å². The van der Waals surface area contributed by atoms with Crippen molar-refractivity contribution in [3.63, 3.8) is 0 Å². The molecular formula is C11H12N4O3S. The molecule has 1 aromatic carbocycles. The average Bonchev–Trinajstić information content (AvgIpc) is 2.92. The van der Waals surface area contributed by atoms with Crippen molar-refractivity contribution in [3.05, 3.63) is 40.7 Å². The fourth-order valence-corrected chi connectivity index (χ4v) is 2.04. The molecule has 2 rings (SSSR count). The lowest BCUT2D eigenvalue weighted by molar-refractivity contribution is -0.384. The Kier molecular flexibility index (Phi) is 4.73. The summed E-state index contributed by atoms with van der Waals surface area (Å²) in [6.07, 6.45) is 2.32. The van der Waals surface area contributed by atoms with Crippen molar-refractivity contribution in [3.8, 4) is 5.75 Å². The van der Waals surface area contributed by atoms with Gasteiger partial charge in [0, 0.05) is 17.9 Å². The molecule has 0 unspecified atom stereocenters. The van der Waals surface area contributed by atoms with Gasteiger partial charge in [0.2, 0.25) is 0 Å². The van der Waals surface area contributed by atoms with Gasteiger partial charge in [-0.15, -0.1) is 0 Å². The van der Waals surface area contributed by atoms with Gasteiger partial charge in [0.25, 0.3) is 5.69 Å². The number of ether oxygens (including phenoxy) is 1. The first-order chi connectivity index (χ1) is 9.25. The molecule has 0 bridgehead atoms. The second-order valence-corrected chi connectivity index (χ2v) is 4.68. The van der Waals surface area contributed by atoms with E-state index in [1.807, 2.05) is 0 Å². The minimum Gasteiger partial charge on any atom is -0.494 e. The molecule has 0 saturated heterocycles. The van der Waals surface area contributed by atoms with Crippen molar-refractivity contribution in [2.24, 2.45) is 0 Å². The average molecular weight is 280 g/mol. The van der Waals surface area contributed by atoms with Crippen molar-refractivity contribution in [1.29, 1.82) is 0 Å². The predicted molar refractivity (Wildman–Crippen MR) is 70.3 cm³/mol. The smallest absolute Gasteiger partial charge is 0.269 e. The van der Waals surface area contributed by atoms with Crippen LogP contribution in [0.5, 0.6) is 5.75 Å². The highest BCUT2D eigenvalue weighted by molar-refractivity contribution is 7.99. The van der Waals surface area contributed by atoms with Crippen LogP contribution in [0.1, 0.15) is 6.42 Å². The number of hydrogen-bond acceptors (Lipinski definition) is 6. The third kappa shape index (κ3) is 4.25. The van der Waals surface area contributed by atoms with Gasteiger partial charge in [-0.05, 0) is 18.6 Å². The summed E-state index contributed by atoms with van der Waals surface area (Å²) in [7, 11) is 0. The Labute approximate surface area is 113 Å². The van der Waals surface area contributed by atoms with Crippen LogP contribution in [-0.4, -0.2) is 32.5 Å². The first-order valence-corrected chi connectivity index (χ1v) is 6.59. The van der Waals surface area contributed by atoms with E-state index in [1.165, 1.54) is 18.5 Å². The number of non-ortho nitro benzene ring substituents is 1. The van der Waals surface area contributed by atoms with E-state index in [0.29, 0.717) is 12.4 Å². The van der Waals surface area contributed by atoms with Crippen molar-refractivity contribution in [1.82, 2.24) is 15.2 Å². The molecule has 0 amide bonds. The molecule has 0 spiro atoms. The summed E-state index contributed by atoms with van der Waals surface area (Å²) in [5, 5.41) is 17.8. The zero-order valence-electron chi connectivity index (χ0n) is 9.98. The van der Waals surface area contributed by atoms with Crippen LogP contribution in [0.25, 0.3) is 0 Å². The van der Waals surface area contributed by atoms with E-state index in [1.54, 1.807) is 23.9 Å². The number of aromatic amines is 1. The number of benzene rings is 1. The molecule has 0 atom stereocenters. The van der Waals surface area contributed by atoms with Gasteiger partial charge in [-0.2, -0.15) is 5.10 Å². The number of nitro groups is 1. The van der Waals surface area contributed by atoms with E-state index in [9.17, 15) is 10.1 Å². The SMILES string of the molecule is O=[N+]([O-])c1ccc(OCCCSc2ncn[nH]2)cc1. The Bertz CT molecular complexity index is 515. The molecule has 1 N–H and O–H groups in total. The fraction of sp³-hybridized carbons (Fsp3) is 0.273. The second kappa shape index (κ2) is 6.74. The van der Waals surface area contributed by atoms with Gasteiger partial charge >= 0.3 is 0 Å². The standard InChI is InChI=1S/C11H12N4O3S/c16-15(17)9-2-4-10(5-3-9)18-6-1-7-19-11-12-8-13-14-11/h2-5,8H,1,6-7H2,(H,12,13,14). The number of H-pyrrole nitrogens is 1. The van der Waals surface area contributed by atoms with Crippen molar-refractivity contribution < 1.29 is 9.66 Å². The van der Waals surface area contributed by atoms with E-state index in [-0.39, 0.29) is 5.69 Å². The van der Waals surface area contributed by atoms with Crippen molar-refractivity contribution in [2.45, 2.75) is 11.6 Å². The molecule has 1 aromatic heterocycles. The van der Waals surface area contributed by atoms with Gasteiger partial charge in [0.05, 0.1) is 11.5 Å². The lowest BCUT2D eigenvalue weighted by Gasteiger charge is -2.04. The summed E-state index contributed by atoms with van der Waals surface area (Å²) in [4.78, 5) is 14.0. The second-order valence-electron chi connectivity index (χ2n) is 3.59. The molecule has 0 radical (unpaired) electrons. The van der Waals surface area contributed by atoms with Crippen LogP contribution in [0.15, 0.2) is 35.7 Å². The number of nitro benzene ring substituents is 1. The summed E-state index contributed by atoms with van der Waals surface area (Å²) in [6, 6.07) is 6.06. The van der Waals surface area contributed by atoms with Crippen LogP contribution in [0, 0.1) is 10.1 Å². The van der Waals surface area contributed by atoms with Crippen molar-refractivity contribution >= 4 is 17.4 Å². The maximum absolute atomic E-state index is 10.5. The van der Waals surface area contributed by atoms with E-state index in [4.69, 9.17) is 4.74 Å². The third-order valence-corrected chi connectivity index (χ3v) is 3.20. The zero-order chi connectivity index (χ0) is 13.5. The van der Waals surface area contributed by atoms with E-state index < -0.39 is 4.92 Å². The minimum atomic E-state index is -0.433. The van der Waals surface area contributed by atoms with Gasteiger partial charge in [-0.25, -0.2) is 4.98 Å². The molecule has 0 aliphatic heterocycles. The number of thioether (sulfide) groups is 1. The molecule has 0 aliphatic carbocycles. The topological polar surface area (TPSA) is 93.9 Å². The molecule has 19 heavy (non-hydrogen) atoms. The Morgan fingerprint density at radius 1 is 1.37 bits per heavy atom. The van der Waals surface area contributed by atoms with E-state index >= 15 is 0 Å². The summed E-state index contributed by atoms with van der Waals surface area (Å²) < 4.78 is 5.48. The third-order valence-electron chi connectivity index (χ3n) is 2.24. The van der Waals surface area contributed by atoms with Gasteiger partial charge in [-0.1, -0.05) is 11.8 Å². The van der Waals surface area contributed by atoms with Crippen molar-refractivity contribution in [2.75, 3.05) is 12.4 Å². The lowest BCUT2D eigenvalue weighted by atomic mass is 10.3. The van der Waals surface area contributed by atoms with Gasteiger partial charge < -0.3 is 4.74 Å².